The Morgan fingerprint density at radius 2 is 1.76 bits per heavy atom. The van der Waals surface area contributed by atoms with Crippen LogP contribution in [0.4, 0.5) is 4.79 Å². The molecule has 2 N–H and O–H groups in total. The number of carbonyl (C=O) groups is 3. The van der Waals surface area contributed by atoms with Gasteiger partial charge < -0.3 is 20.3 Å². The summed E-state index contributed by atoms with van der Waals surface area (Å²) in [6.45, 7) is 9.96. The molecule has 0 fully saturated rings. The zero-order chi connectivity index (χ0) is 22.2. The first-order valence-electron chi connectivity index (χ1n) is 9.45. The molecule has 0 saturated heterocycles. The van der Waals surface area contributed by atoms with E-state index in [0.29, 0.717) is 5.56 Å². The van der Waals surface area contributed by atoms with Gasteiger partial charge >= 0.3 is 6.09 Å². The first-order chi connectivity index (χ1) is 13.4. The number of rotatable bonds is 7. The summed E-state index contributed by atoms with van der Waals surface area (Å²) in [6, 6.07) is 7.95. The molecule has 0 heterocycles. The highest BCUT2D eigenvalue weighted by atomic mass is 16.6. The molecule has 158 valence electrons. The molecule has 1 unspecified atom stereocenters. The van der Waals surface area contributed by atoms with Crippen LogP contribution in [0, 0.1) is 18.3 Å². The van der Waals surface area contributed by atoms with Gasteiger partial charge in [0.15, 0.2) is 0 Å². The van der Waals surface area contributed by atoms with E-state index in [9.17, 15) is 19.6 Å². The largest absolute Gasteiger partial charge is 0.444 e. The molecule has 8 heteroatoms. The maximum Gasteiger partial charge on any atom is 0.408 e. The minimum atomic E-state index is -0.995. The zero-order valence-electron chi connectivity index (χ0n) is 17.9. The van der Waals surface area contributed by atoms with E-state index in [0.717, 1.165) is 10.5 Å². The second-order valence-electron chi connectivity index (χ2n) is 8.01. The smallest absolute Gasteiger partial charge is 0.408 e. The Morgan fingerprint density at radius 3 is 2.24 bits per heavy atom. The van der Waals surface area contributed by atoms with E-state index in [1.807, 2.05) is 39.0 Å². The third kappa shape index (κ3) is 8.21. The first kappa shape index (κ1) is 24.0. The number of ether oxygens (including phenoxy) is 1. The Kier molecular flexibility index (Phi) is 8.64. The summed E-state index contributed by atoms with van der Waals surface area (Å²) >= 11 is 0. The first-order valence-corrected chi connectivity index (χ1v) is 9.45. The van der Waals surface area contributed by atoms with Crippen molar-refractivity contribution in [2.45, 2.75) is 59.2 Å². The predicted molar refractivity (Wildman–Crippen MR) is 109 cm³/mol. The van der Waals surface area contributed by atoms with E-state index in [-0.39, 0.29) is 12.6 Å². The third-order valence-electron chi connectivity index (χ3n) is 3.73. The summed E-state index contributed by atoms with van der Waals surface area (Å²) in [5.41, 5.74) is 0.872. The van der Waals surface area contributed by atoms with Gasteiger partial charge in [-0.1, -0.05) is 29.8 Å². The fourth-order valence-electron chi connectivity index (χ4n) is 2.55. The van der Waals surface area contributed by atoms with Crippen LogP contribution in [0.1, 0.15) is 51.8 Å². The van der Waals surface area contributed by atoms with Crippen molar-refractivity contribution in [3.05, 3.63) is 35.4 Å². The van der Waals surface area contributed by atoms with Gasteiger partial charge in [0, 0.05) is 6.04 Å². The van der Waals surface area contributed by atoms with Gasteiger partial charge in [-0.15, -0.1) is 0 Å². The molecule has 0 spiro atoms. The van der Waals surface area contributed by atoms with Gasteiger partial charge in [0.2, 0.25) is 11.8 Å². The van der Waals surface area contributed by atoms with Crippen LogP contribution >= 0.6 is 0 Å². The van der Waals surface area contributed by atoms with Crippen LogP contribution in [-0.2, 0) is 14.3 Å². The van der Waals surface area contributed by atoms with Gasteiger partial charge in [-0.3, -0.25) is 9.59 Å². The number of nitrogens with one attached hydrogen (secondary N) is 2. The van der Waals surface area contributed by atoms with Crippen LogP contribution in [0.2, 0.25) is 0 Å². The molecule has 0 bridgehead atoms. The standard InChI is InChI=1S/C21H30N4O4/c1-14(2)24-19(27)18(16-9-7-15(3)8-10-16)25(12-11-22)17(26)13-23-20(28)29-21(4,5)6/h7-10,14,18H,12-13H2,1-6H3,(H,23,28)(H,24,27). The summed E-state index contributed by atoms with van der Waals surface area (Å²) in [6.07, 6.45) is -0.749. The highest BCUT2D eigenvalue weighted by Crippen LogP contribution is 2.22. The van der Waals surface area contributed by atoms with E-state index < -0.39 is 36.1 Å². The van der Waals surface area contributed by atoms with Crippen molar-refractivity contribution in [3.8, 4) is 6.07 Å². The van der Waals surface area contributed by atoms with Gasteiger partial charge in [0.05, 0.1) is 6.07 Å². The van der Waals surface area contributed by atoms with E-state index in [2.05, 4.69) is 10.6 Å². The molecule has 0 aliphatic rings. The van der Waals surface area contributed by atoms with Crippen LogP contribution < -0.4 is 10.6 Å². The lowest BCUT2D eigenvalue weighted by atomic mass is 10.0. The number of hydrogen-bond donors (Lipinski definition) is 2. The van der Waals surface area contributed by atoms with Crippen molar-refractivity contribution in [2.75, 3.05) is 13.1 Å². The molecule has 0 radical (unpaired) electrons. The molecule has 0 aromatic heterocycles. The molecule has 1 atom stereocenters. The van der Waals surface area contributed by atoms with Gasteiger partial charge in [-0.2, -0.15) is 5.26 Å². The van der Waals surface area contributed by atoms with Gasteiger partial charge in [-0.25, -0.2) is 4.79 Å². The lowest BCUT2D eigenvalue weighted by Gasteiger charge is -2.30. The number of benzene rings is 1. The molecule has 0 aliphatic heterocycles. The summed E-state index contributed by atoms with van der Waals surface area (Å²) in [5.74, 6) is -0.966. The lowest BCUT2D eigenvalue weighted by molar-refractivity contribution is -0.139. The van der Waals surface area contributed by atoms with E-state index in [1.165, 1.54) is 0 Å². The Hall–Kier alpha value is -3.08. The average Bonchev–Trinajstić information content (AvgIpc) is 2.58. The van der Waals surface area contributed by atoms with Crippen molar-refractivity contribution < 1.29 is 19.1 Å². The minimum absolute atomic E-state index is 0.144. The molecule has 1 rings (SSSR count). The topological polar surface area (TPSA) is 112 Å². The normalized spacial score (nSPS) is 11.9. The predicted octanol–water partition coefficient (Wildman–Crippen LogP) is 2.44. The molecule has 0 saturated carbocycles. The number of amides is 3. The Bertz CT molecular complexity index is 760. The lowest BCUT2D eigenvalue weighted by Crippen LogP contribution is -2.49. The highest BCUT2D eigenvalue weighted by molar-refractivity contribution is 5.90. The van der Waals surface area contributed by atoms with Crippen molar-refractivity contribution in [2.24, 2.45) is 0 Å². The van der Waals surface area contributed by atoms with Crippen molar-refractivity contribution in [1.29, 1.82) is 5.26 Å². The summed E-state index contributed by atoms with van der Waals surface area (Å²) in [7, 11) is 0. The molecule has 8 nitrogen and oxygen atoms in total. The van der Waals surface area contributed by atoms with Crippen LogP contribution in [0.3, 0.4) is 0 Å². The molecule has 29 heavy (non-hydrogen) atoms. The van der Waals surface area contributed by atoms with Crippen molar-refractivity contribution in [1.82, 2.24) is 15.5 Å². The second kappa shape index (κ2) is 10.5. The number of nitrogens with zero attached hydrogens (tertiary/aromatic N) is 2. The fraction of sp³-hybridized carbons (Fsp3) is 0.524. The maximum atomic E-state index is 12.9. The Balaban J connectivity index is 3.10. The van der Waals surface area contributed by atoms with Crippen molar-refractivity contribution in [3.63, 3.8) is 0 Å². The minimum Gasteiger partial charge on any atom is -0.444 e. The monoisotopic (exact) mass is 402 g/mol. The van der Waals surface area contributed by atoms with E-state index in [1.54, 1.807) is 32.9 Å². The van der Waals surface area contributed by atoms with Crippen LogP contribution in [0.15, 0.2) is 24.3 Å². The SMILES string of the molecule is Cc1ccc(C(C(=O)NC(C)C)N(CC#N)C(=O)CNC(=O)OC(C)(C)C)cc1. The number of nitriles is 1. The Morgan fingerprint density at radius 1 is 1.17 bits per heavy atom. The third-order valence-corrected chi connectivity index (χ3v) is 3.73. The number of aryl methyl sites for hydroxylation is 1. The van der Waals surface area contributed by atoms with Crippen LogP contribution in [-0.4, -0.2) is 47.5 Å². The molecule has 3 amide bonds. The molecule has 0 aliphatic carbocycles. The zero-order valence-corrected chi connectivity index (χ0v) is 17.9. The van der Waals surface area contributed by atoms with Crippen LogP contribution in [0.5, 0.6) is 0 Å². The molecular formula is C21H30N4O4. The quantitative estimate of drug-likeness (QED) is 0.681. The summed E-state index contributed by atoms with van der Waals surface area (Å²) in [5, 5.41) is 14.4. The van der Waals surface area contributed by atoms with Crippen LogP contribution in [0.25, 0.3) is 0 Å². The van der Waals surface area contributed by atoms with Gasteiger partial charge in [0.1, 0.15) is 24.7 Å². The summed E-state index contributed by atoms with van der Waals surface area (Å²) < 4.78 is 5.12. The Labute approximate surface area is 172 Å². The summed E-state index contributed by atoms with van der Waals surface area (Å²) in [4.78, 5) is 38.7. The molecule has 1 aromatic carbocycles. The molecular weight excluding hydrogens is 372 g/mol. The number of alkyl carbamates (subject to hydrolysis) is 1. The van der Waals surface area contributed by atoms with E-state index >= 15 is 0 Å². The van der Waals surface area contributed by atoms with Gasteiger partial charge in [0.25, 0.3) is 0 Å². The molecule has 1 aromatic rings. The number of carbonyl (C=O) groups excluding carboxylic acids is 3. The number of hydrogen-bond acceptors (Lipinski definition) is 5. The van der Waals surface area contributed by atoms with Gasteiger partial charge in [-0.05, 0) is 47.1 Å². The van der Waals surface area contributed by atoms with Crippen molar-refractivity contribution >= 4 is 17.9 Å². The fourth-order valence-corrected chi connectivity index (χ4v) is 2.55. The highest BCUT2D eigenvalue weighted by Gasteiger charge is 2.32. The van der Waals surface area contributed by atoms with E-state index in [4.69, 9.17) is 4.74 Å². The maximum absolute atomic E-state index is 12.9. The average molecular weight is 402 g/mol. The second-order valence-corrected chi connectivity index (χ2v) is 8.01.